The predicted octanol–water partition coefficient (Wildman–Crippen LogP) is -6.38. The number of amides is 4. The van der Waals surface area contributed by atoms with E-state index < -0.39 is 0 Å². The SMILES string of the molecule is NOCC(=O)NCCN(CCNC(=O)CON)CCN(CCNC(=O)CON)CCNC(=O)CON. The second kappa shape index (κ2) is 22.9. The molecule has 36 heavy (non-hydrogen) atoms. The number of rotatable bonds is 23. The van der Waals surface area contributed by atoms with Crippen molar-refractivity contribution in [3.05, 3.63) is 0 Å². The Labute approximate surface area is 209 Å². The van der Waals surface area contributed by atoms with Crippen molar-refractivity contribution in [2.24, 2.45) is 23.6 Å². The first-order valence-electron chi connectivity index (χ1n) is 11.1. The van der Waals surface area contributed by atoms with E-state index in [2.05, 4.69) is 40.6 Å². The molecular weight excluding hydrogens is 484 g/mol. The molecule has 0 fully saturated rings. The van der Waals surface area contributed by atoms with E-state index >= 15 is 0 Å². The molecular formula is C18H40N10O8. The Bertz CT molecular complexity index is 531. The Balaban J connectivity index is 4.88. The zero-order valence-electron chi connectivity index (χ0n) is 20.4. The van der Waals surface area contributed by atoms with Crippen molar-refractivity contribution in [3.8, 4) is 0 Å². The Hall–Kier alpha value is -2.52. The molecule has 0 radical (unpaired) electrons. The maximum absolute atomic E-state index is 11.6. The van der Waals surface area contributed by atoms with Gasteiger partial charge in [-0.25, -0.2) is 23.6 Å². The zero-order chi connectivity index (χ0) is 27.0. The maximum atomic E-state index is 11.6. The van der Waals surface area contributed by atoms with Gasteiger partial charge in [0.25, 0.3) is 0 Å². The van der Waals surface area contributed by atoms with Gasteiger partial charge in [0.1, 0.15) is 26.4 Å². The first-order chi connectivity index (χ1) is 17.4. The average molecular weight is 525 g/mol. The number of carbonyl (C=O) groups is 4. The zero-order valence-corrected chi connectivity index (χ0v) is 20.4. The van der Waals surface area contributed by atoms with Crippen LogP contribution >= 0.6 is 0 Å². The summed E-state index contributed by atoms with van der Waals surface area (Å²) >= 11 is 0. The van der Waals surface area contributed by atoms with Crippen molar-refractivity contribution in [2.45, 2.75) is 0 Å². The number of nitrogens with zero attached hydrogens (tertiary/aromatic N) is 2. The van der Waals surface area contributed by atoms with Crippen LogP contribution in [0, 0.1) is 0 Å². The van der Waals surface area contributed by atoms with Crippen LogP contribution in [0.3, 0.4) is 0 Å². The van der Waals surface area contributed by atoms with Gasteiger partial charge in [-0.1, -0.05) is 0 Å². The number of hydrogen-bond acceptors (Lipinski definition) is 14. The molecule has 0 spiro atoms. The second-order valence-electron chi connectivity index (χ2n) is 7.33. The van der Waals surface area contributed by atoms with E-state index in [0.29, 0.717) is 65.4 Å². The Kier molecular flexibility index (Phi) is 21.3. The summed E-state index contributed by atoms with van der Waals surface area (Å²) < 4.78 is 0. The lowest BCUT2D eigenvalue weighted by Crippen LogP contribution is -2.46. The van der Waals surface area contributed by atoms with Crippen LogP contribution in [0.2, 0.25) is 0 Å². The van der Waals surface area contributed by atoms with Crippen LogP contribution in [0.5, 0.6) is 0 Å². The van der Waals surface area contributed by atoms with E-state index in [-0.39, 0.29) is 50.1 Å². The summed E-state index contributed by atoms with van der Waals surface area (Å²) in [5, 5.41) is 10.7. The molecule has 0 bridgehead atoms. The molecule has 0 saturated heterocycles. The van der Waals surface area contributed by atoms with Crippen LogP contribution in [-0.2, 0) is 38.5 Å². The normalized spacial score (nSPS) is 10.9. The van der Waals surface area contributed by atoms with Crippen LogP contribution in [0.15, 0.2) is 0 Å². The van der Waals surface area contributed by atoms with Crippen LogP contribution in [0.1, 0.15) is 0 Å². The van der Waals surface area contributed by atoms with Gasteiger partial charge in [0.15, 0.2) is 0 Å². The van der Waals surface area contributed by atoms with E-state index in [1.165, 1.54) is 0 Å². The molecule has 0 rings (SSSR count). The predicted molar refractivity (Wildman–Crippen MR) is 125 cm³/mol. The van der Waals surface area contributed by atoms with Crippen molar-refractivity contribution in [1.82, 2.24) is 31.1 Å². The summed E-state index contributed by atoms with van der Waals surface area (Å²) in [6, 6.07) is 0. The molecule has 0 aromatic heterocycles. The Morgan fingerprint density at radius 1 is 0.444 bits per heavy atom. The highest BCUT2D eigenvalue weighted by molar-refractivity contribution is 5.78. The van der Waals surface area contributed by atoms with Gasteiger partial charge in [-0.05, 0) is 0 Å². The third-order valence-electron chi connectivity index (χ3n) is 4.59. The second-order valence-corrected chi connectivity index (χ2v) is 7.33. The van der Waals surface area contributed by atoms with Gasteiger partial charge < -0.3 is 21.3 Å². The minimum Gasteiger partial charge on any atom is -0.353 e. The van der Waals surface area contributed by atoms with E-state index in [1.54, 1.807) is 0 Å². The summed E-state index contributed by atoms with van der Waals surface area (Å²) in [6.07, 6.45) is 0. The smallest absolute Gasteiger partial charge is 0.248 e. The van der Waals surface area contributed by atoms with E-state index in [4.69, 9.17) is 23.6 Å². The fraction of sp³-hybridized carbons (Fsp3) is 0.778. The summed E-state index contributed by atoms with van der Waals surface area (Å²) in [4.78, 5) is 67.6. The summed E-state index contributed by atoms with van der Waals surface area (Å²) in [5.41, 5.74) is 0. The van der Waals surface area contributed by atoms with Crippen molar-refractivity contribution in [3.63, 3.8) is 0 Å². The van der Waals surface area contributed by atoms with Gasteiger partial charge in [0, 0.05) is 65.4 Å². The molecule has 210 valence electrons. The largest absolute Gasteiger partial charge is 0.353 e. The Morgan fingerprint density at radius 2 is 0.667 bits per heavy atom. The molecule has 0 atom stereocenters. The van der Waals surface area contributed by atoms with Crippen LogP contribution in [-0.4, -0.2) is 125 Å². The highest BCUT2D eigenvalue weighted by Crippen LogP contribution is 1.93. The Morgan fingerprint density at radius 3 is 0.861 bits per heavy atom. The monoisotopic (exact) mass is 524 g/mol. The van der Waals surface area contributed by atoms with Crippen LogP contribution < -0.4 is 44.9 Å². The topological polar surface area (TPSA) is 264 Å². The maximum Gasteiger partial charge on any atom is 0.248 e. The number of hydrogen-bond donors (Lipinski definition) is 8. The lowest BCUT2D eigenvalue weighted by molar-refractivity contribution is -0.126. The number of nitrogens with two attached hydrogens (primary N) is 4. The molecule has 0 heterocycles. The molecule has 0 aromatic carbocycles. The van der Waals surface area contributed by atoms with Gasteiger partial charge in [-0.15, -0.1) is 0 Å². The fourth-order valence-corrected chi connectivity index (χ4v) is 2.87. The summed E-state index contributed by atoms with van der Waals surface area (Å²) in [6.45, 7) is 3.26. The summed E-state index contributed by atoms with van der Waals surface area (Å²) in [5.74, 6) is 18.1. The van der Waals surface area contributed by atoms with E-state index in [9.17, 15) is 19.2 Å². The fourth-order valence-electron chi connectivity index (χ4n) is 2.87. The first-order valence-corrected chi connectivity index (χ1v) is 11.1. The molecule has 12 N–H and O–H groups in total. The van der Waals surface area contributed by atoms with Gasteiger partial charge >= 0.3 is 0 Å². The highest BCUT2D eigenvalue weighted by Gasteiger charge is 2.12. The van der Waals surface area contributed by atoms with Gasteiger partial charge in [-0.2, -0.15) is 0 Å². The average Bonchev–Trinajstić information content (AvgIpc) is 2.82. The van der Waals surface area contributed by atoms with Crippen molar-refractivity contribution >= 4 is 23.6 Å². The van der Waals surface area contributed by atoms with Gasteiger partial charge in [0.05, 0.1) is 0 Å². The standard InChI is InChI=1S/C18H40N10O8/c19-33-11-15(29)23-1-5-27(6-2-24-16(30)12-34-20)9-10-28(7-3-25-17(31)13-35-21)8-4-26-18(32)14-36-22/h1-14,19-22H2,(H,23,29)(H,24,30)(H,25,31)(H,26,32). The lowest BCUT2D eigenvalue weighted by atomic mass is 10.3. The third kappa shape index (κ3) is 19.8. The van der Waals surface area contributed by atoms with E-state index in [1.807, 2.05) is 9.80 Å². The molecule has 0 saturated carbocycles. The van der Waals surface area contributed by atoms with Gasteiger partial charge in [-0.3, -0.25) is 48.3 Å². The third-order valence-corrected chi connectivity index (χ3v) is 4.59. The van der Waals surface area contributed by atoms with Crippen LogP contribution in [0.25, 0.3) is 0 Å². The summed E-state index contributed by atoms with van der Waals surface area (Å²) in [7, 11) is 0. The minimum atomic E-state index is -0.359. The van der Waals surface area contributed by atoms with Crippen LogP contribution in [0.4, 0.5) is 0 Å². The number of carbonyl (C=O) groups excluding carboxylic acids is 4. The molecule has 0 unspecified atom stereocenters. The quantitative estimate of drug-likeness (QED) is 0.0578. The molecule has 0 aliphatic heterocycles. The van der Waals surface area contributed by atoms with Crippen molar-refractivity contribution < 1.29 is 38.5 Å². The molecule has 4 amide bonds. The molecule has 0 aliphatic carbocycles. The van der Waals surface area contributed by atoms with Crippen molar-refractivity contribution in [1.29, 1.82) is 0 Å². The molecule has 18 heteroatoms. The highest BCUT2D eigenvalue weighted by atomic mass is 16.6. The molecule has 0 aromatic rings. The minimum absolute atomic E-state index is 0.259. The van der Waals surface area contributed by atoms with Gasteiger partial charge in [0.2, 0.25) is 23.6 Å². The first kappa shape index (κ1) is 33.5. The molecule has 0 aliphatic rings. The lowest BCUT2D eigenvalue weighted by Gasteiger charge is -2.28. The number of nitrogens with one attached hydrogen (secondary N) is 4. The molecule has 18 nitrogen and oxygen atoms in total. The van der Waals surface area contributed by atoms with Crippen molar-refractivity contribution in [2.75, 3.05) is 91.9 Å². The van der Waals surface area contributed by atoms with E-state index in [0.717, 1.165) is 0 Å².